The Labute approximate surface area is 148 Å². The van der Waals surface area contributed by atoms with E-state index >= 15 is 0 Å². The van der Waals surface area contributed by atoms with Crippen LogP contribution >= 0.6 is 0 Å². The highest BCUT2D eigenvalue weighted by Gasteiger charge is 2.31. The molecule has 1 aromatic heterocycles. The molecule has 134 valence electrons. The maximum Gasteiger partial charge on any atom is 0.289 e. The minimum atomic E-state index is -0.146. The quantitative estimate of drug-likeness (QED) is 0.929. The number of furan rings is 1. The number of piperidine rings is 1. The molecule has 1 aliphatic rings. The van der Waals surface area contributed by atoms with E-state index in [1.807, 2.05) is 45.9 Å². The van der Waals surface area contributed by atoms with Crippen LogP contribution in [0.25, 0.3) is 11.0 Å². The van der Waals surface area contributed by atoms with Gasteiger partial charge < -0.3 is 14.6 Å². The molecule has 0 unspecified atom stereocenters. The van der Waals surface area contributed by atoms with E-state index in [9.17, 15) is 9.59 Å². The van der Waals surface area contributed by atoms with E-state index < -0.39 is 0 Å². The van der Waals surface area contributed by atoms with Gasteiger partial charge in [-0.05, 0) is 52.7 Å². The van der Waals surface area contributed by atoms with Gasteiger partial charge in [0.2, 0.25) is 5.91 Å². The van der Waals surface area contributed by atoms with E-state index in [0.717, 1.165) is 34.9 Å². The van der Waals surface area contributed by atoms with Crippen molar-refractivity contribution in [2.24, 2.45) is 5.92 Å². The Morgan fingerprint density at radius 1 is 1.28 bits per heavy atom. The number of nitrogens with one attached hydrogen (secondary N) is 1. The van der Waals surface area contributed by atoms with Crippen LogP contribution in [0, 0.1) is 19.8 Å². The molecule has 0 radical (unpaired) electrons. The lowest BCUT2D eigenvalue weighted by Gasteiger charge is -2.32. The summed E-state index contributed by atoms with van der Waals surface area (Å²) in [5, 5.41) is 3.93. The molecule has 3 rings (SSSR count). The summed E-state index contributed by atoms with van der Waals surface area (Å²) in [5.74, 6) is 0.162. The number of carbonyl (C=O) groups is 2. The molecule has 5 heteroatoms. The van der Waals surface area contributed by atoms with Crippen molar-refractivity contribution in [2.45, 2.75) is 46.6 Å². The topological polar surface area (TPSA) is 62.6 Å². The minimum Gasteiger partial charge on any atom is -0.451 e. The highest BCUT2D eigenvalue weighted by atomic mass is 16.3. The molecule has 2 heterocycles. The fraction of sp³-hybridized carbons (Fsp3) is 0.500. The summed E-state index contributed by atoms with van der Waals surface area (Å²) in [5.41, 5.74) is 2.74. The molecule has 0 saturated carbocycles. The Bertz CT molecular complexity index is 807. The first-order chi connectivity index (χ1) is 11.9. The van der Waals surface area contributed by atoms with Crippen molar-refractivity contribution in [2.75, 3.05) is 13.1 Å². The zero-order valence-electron chi connectivity index (χ0n) is 15.4. The highest BCUT2D eigenvalue weighted by molar-refractivity contribution is 5.99. The molecule has 0 bridgehead atoms. The van der Waals surface area contributed by atoms with E-state index in [2.05, 4.69) is 5.32 Å². The molecule has 1 fully saturated rings. The van der Waals surface area contributed by atoms with Crippen molar-refractivity contribution in [3.63, 3.8) is 0 Å². The molecule has 1 aromatic carbocycles. The van der Waals surface area contributed by atoms with Crippen LogP contribution < -0.4 is 5.32 Å². The first kappa shape index (κ1) is 17.5. The zero-order valence-corrected chi connectivity index (χ0v) is 15.4. The first-order valence-electron chi connectivity index (χ1n) is 8.96. The van der Waals surface area contributed by atoms with Gasteiger partial charge in [-0.25, -0.2) is 0 Å². The van der Waals surface area contributed by atoms with Crippen molar-refractivity contribution < 1.29 is 14.0 Å². The van der Waals surface area contributed by atoms with Crippen molar-refractivity contribution in [3.05, 3.63) is 35.1 Å². The van der Waals surface area contributed by atoms with E-state index in [1.54, 1.807) is 4.90 Å². The van der Waals surface area contributed by atoms with Gasteiger partial charge in [-0.15, -0.1) is 0 Å². The predicted molar refractivity (Wildman–Crippen MR) is 97.6 cm³/mol. The van der Waals surface area contributed by atoms with Gasteiger partial charge >= 0.3 is 0 Å². The van der Waals surface area contributed by atoms with Crippen LogP contribution in [-0.4, -0.2) is 35.8 Å². The van der Waals surface area contributed by atoms with Crippen molar-refractivity contribution >= 4 is 22.8 Å². The zero-order chi connectivity index (χ0) is 18.1. The molecule has 5 nitrogen and oxygen atoms in total. The summed E-state index contributed by atoms with van der Waals surface area (Å²) < 4.78 is 5.84. The molecule has 0 aliphatic carbocycles. The maximum absolute atomic E-state index is 13.0. The summed E-state index contributed by atoms with van der Waals surface area (Å²) in [6.07, 6.45) is 1.65. The van der Waals surface area contributed by atoms with Gasteiger partial charge in [0.05, 0.1) is 5.92 Å². The van der Waals surface area contributed by atoms with Crippen LogP contribution in [0.3, 0.4) is 0 Å². The summed E-state index contributed by atoms with van der Waals surface area (Å²) in [6.45, 7) is 8.96. The third-order valence-corrected chi connectivity index (χ3v) is 4.80. The van der Waals surface area contributed by atoms with Gasteiger partial charge in [-0.2, -0.15) is 0 Å². The summed E-state index contributed by atoms with van der Waals surface area (Å²) in [6, 6.07) is 6.04. The van der Waals surface area contributed by atoms with E-state index in [-0.39, 0.29) is 23.8 Å². The van der Waals surface area contributed by atoms with E-state index in [1.165, 1.54) is 0 Å². The fourth-order valence-corrected chi connectivity index (χ4v) is 3.46. The lowest BCUT2D eigenvalue weighted by atomic mass is 9.96. The molecule has 25 heavy (non-hydrogen) atoms. The van der Waals surface area contributed by atoms with Gasteiger partial charge in [0.25, 0.3) is 5.91 Å². The van der Waals surface area contributed by atoms with Crippen molar-refractivity contribution in [3.8, 4) is 0 Å². The standard InChI is InChI=1S/C20H26N2O3/c1-12(2)21-19(23)15-6-5-9-22(11-15)20(24)18-14(4)16-10-13(3)7-8-17(16)25-18/h7-8,10,12,15H,5-6,9,11H2,1-4H3,(H,21,23)/t15-/m0/s1. The number of hydrogen-bond donors (Lipinski definition) is 1. The van der Waals surface area contributed by atoms with Crippen LogP contribution in [0.4, 0.5) is 0 Å². The lowest BCUT2D eigenvalue weighted by molar-refractivity contribution is -0.126. The maximum atomic E-state index is 13.0. The third-order valence-electron chi connectivity index (χ3n) is 4.80. The molecule has 1 aliphatic heterocycles. The Balaban J connectivity index is 1.81. The average Bonchev–Trinajstić information content (AvgIpc) is 2.90. The molecule has 2 amide bonds. The number of likely N-dealkylation sites (tertiary alicyclic amines) is 1. The van der Waals surface area contributed by atoms with Crippen LogP contribution in [0.1, 0.15) is 48.4 Å². The predicted octanol–water partition coefficient (Wildman–Crippen LogP) is 3.43. The number of benzene rings is 1. The SMILES string of the molecule is Cc1ccc2oc(C(=O)N3CCC[C@H](C(=O)NC(C)C)C3)c(C)c2c1. The van der Waals surface area contributed by atoms with Crippen LogP contribution in [0.15, 0.2) is 22.6 Å². The number of fused-ring (bicyclic) bond motifs is 1. The van der Waals surface area contributed by atoms with E-state index in [0.29, 0.717) is 18.8 Å². The van der Waals surface area contributed by atoms with E-state index in [4.69, 9.17) is 4.42 Å². The van der Waals surface area contributed by atoms with Gasteiger partial charge in [0.15, 0.2) is 5.76 Å². The van der Waals surface area contributed by atoms with Crippen molar-refractivity contribution in [1.29, 1.82) is 0 Å². The number of amides is 2. The van der Waals surface area contributed by atoms with Crippen LogP contribution in [0.5, 0.6) is 0 Å². The lowest BCUT2D eigenvalue weighted by Crippen LogP contribution is -2.46. The molecule has 1 N–H and O–H groups in total. The van der Waals surface area contributed by atoms with Crippen LogP contribution in [-0.2, 0) is 4.79 Å². The Morgan fingerprint density at radius 2 is 2.04 bits per heavy atom. The summed E-state index contributed by atoms with van der Waals surface area (Å²) in [4.78, 5) is 27.0. The number of rotatable bonds is 3. The summed E-state index contributed by atoms with van der Waals surface area (Å²) >= 11 is 0. The van der Waals surface area contributed by atoms with Gasteiger partial charge in [-0.1, -0.05) is 11.6 Å². The van der Waals surface area contributed by atoms with Crippen molar-refractivity contribution in [1.82, 2.24) is 10.2 Å². The third kappa shape index (κ3) is 3.55. The van der Waals surface area contributed by atoms with Gasteiger partial charge in [-0.3, -0.25) is 9.59 Å². The number of carbonyl (C=O) groups excluding carboxylic acids is 2. The second-order valence-corrected chi connectivity index (χ2v) is 7.31. The number of aryl methyl sites for hydroxylation is 2. The molecular formula is C20H26N2O3. The molecule has 1 saturated heterocycles. The second-order valence-electron chi connectivity index (χ2n) is 7.31. The number of hydrogen-bond acceptors (Lipinski definition) is 3. The van der Waals surface area contributed by atoms with Crippen LogP contribution in [0.2, 0.25) is 0 Å². The second kappa shape index (κ2) is 6.90. The minimum absolute atomic E-state index is 0.0319. The Hall–Kier alpha value is -2.30. The first-order valence-corrected chi connectivity index (χ1v) is 8.96. The summed E-state index contributed by atoms with van der Waals surface area (Å²) in [7, 11) is 0. The smallest absolute Gasteiger partial charge is 0.289 e. The molecule has 1 atom stereocenters. The Morgan fingerprint density at radius 3 is 2.76 bits per heavy atom. The van der Waals surface area contributed by atoms with Gasteiger partial charge in [0, 0.05) is 30.1 Å². The largest absolute Gasteiger partial charge is 0.451 e. The molecular weight excluding hydrogens is 316 g/mol. The Kier molecular flexibility index (Phi) is 4.84. The monoisotopic (exact) mass is 342 g/mol. The fourth-order valence-electron chi connectivity index (χ4n) is 3.46. The molecule has 0 spiro atoms. The van der Waals surface area contributed by atoms with Gasteiger partial charge in [0.1, 0.15) is 5.58 Å². The highest BCUT2D eigenvalue weighted by Crippen LogP contribution is 2.28. The normalized spacial score (nSPS) is 18.0. The average molecular weight is 342 g/mol. The number of nitrogens with zero attached hydrogens (tertiary/aromatic N) is 1. The molecule has 2 aromatic rings.